The molecule has 0 aromatic heterocycles. The molecule has 1 aliphatic rings. The van der Waals surface area contributed by atoms with Crippen molar-refractivity contribution in [1.29, 1.82) is 0 Å². The monoisotopic (exact) mass is 347 g/mol. The standard InChI is InChI=1S/C19H29N3O3/c1-13-8-5-6-11-16(13)21-17(23)20-14-9-7-10-15(12-14)25-18(24)22-19(2,3)4/h7,9-10,12-13,16H,5-6,8,11H2,1-4H3,(H,22,24)(H2,20,21,23). The highest BCUT2D eigenvalue weighted by molar-refractivity contribution is 5.89. The average molecular weight is 347 g/mol. The van der Waals surface area contributed by atoms with Gasteiger partial charge >= 0.3 is 12.1 Å². The minimum Gasteiger partial charge on any atom is -0.410 e. The van der Waals surface area contributed by atoms with Crippen molar-refractivity contribution in [2.45, 2.75) is 65.0 Å². The first-order chi connectivity index (χ1) is 11.7. The Balaban J connectivity index is 1.90. The zero-order chi connectivity index (χ0) is 18.4. The molecule has 1 aromatic carbocycles. The Morgan fingerprint density at radius 3 is 2.56 bits per heavy atom. The van der Waals surface area contributed by atoms with Crippen LogP contribution in [0.5, 0.6) is 5.75 Å². The Hall–Kier alpha value is -2.24. The average Bonchev–Trinajstić information content (AvgIpc) is 2.48. The Morgan fingerprint density at radius 1 is 1.16 bits per heavy atom. The second-order valence-corrected chi connectivity index (χ2v) is 7.76. The van der Waals surface area contributed by atoms with E-state index in [9.17, 15) is 9.59 Å². The van der Waals surface area contributed by atoms with Crippen molar-refractivity contribution in [2.75, 3.05) is 5.32 Å². The summed E-state index contributed by atoms with van der Waals surface area (Å²) in [6.07, 6.45) is 4.03. The second kappa shape index (κ2) is 8.23. The minimum absolute atomic E-state index is 0.214. The molecule has 3 amide bonds. The van der Waals surface area contributed by atoms with Crippen LogP contribution in [-0.2, 0) is 0 Å². The third-order valence-corrected chi connectivity index (χ3v) is 4.21. The van der Waals surface area contributed by atoms with Crippen LogP contribution < -0.4 is 20.7 Å². The van der Waals surface area contributed by atoms with Crippen LogP contribution in [0, 0.1) is 5.92 Å². The van der Waals surface area contributed by atoms with Gasteiger partial charge in [0.15, 0.2) is 0 Å². The van der Waals surface area contributed by atoms with Crippen LogP contribution >= 0.6 is 0 Å². The molecule has 0 heterocycles. The molecule has 0 bridgehead atoms. The van der Waals surface area contributed by atoms with E-state index in [2.05, 4.69) is 22.9 Å². The van der Waals surface area contributed by atoms with Crippen molar-refractivity contribution in [3.05, 3.63) is 24.3 Å². The van der Waals surface area contributed by atoms with Crippen LogP contribution in [0.25, 0.3) is 0 Å². The quantitative estimate of drug-likeness (QED) is 0.764. The van der Waals surface area contributed by atoms with Crippen LogP contribution in [0.15, 0.2) is 24.3 Å². The predicted molar refractivity (Wildman–Crippen MR) is 98.9 cm³/mol. The highest BCUT2D eigenvalue weighted by atomic mass is 16.6. The lowest BCUT2D eigenvalue weighted by Gasteiger charge is -2.29. The van der Waals surface area contributed by atoms with Gasteiger partial charge in [0.1, 0.15) is 5.75 Å². The number of carbonyl (C=O) groups excluding carboxylic acids is 2. The molecule has 2 unspecified atom stereocenters. The minimum atomic E-state index is -0.523. The summed E-state index contributed by atoms with van der Waals surface area (Å²) in [5.74, 6) is 0.876. The predicted octanol–water partition coefficient (Wildman–Crippen LogP) is 4.27. The normalized spacial score (nSPS) is 20.5. The maximum Gasteiger partial charge on any atom is 0.413 e. The molecule has 1 saturated carbocycles. The number of nitrogens with one attached hydrogen (secondary N) is 3. The largest absolute Gasteiger partial charge is 0.413 e. The molecular weight excluding hydrogens is 318 g/mol. The third kappa shape index (κ3) is 6.64. The first kappa shape index (κ1) is 19.1. The molecule has 0 aliphatic heterocycles. The van der Waals surface area contributed by atoms with E-state index >= 15 is 0 Å². The Labute approximate surface area is 149 Å². The highest BCUT2D eigenvalue weighted by Gasteiger charge is 2.22. The topological polar surface area (TPSA) is 79.5 Å². The van der Waals surface area contributed by atoms with Crippen molar-refractivity contribution in [1.82, 2.24) is 10.6 Å². The number of anilines is 1. The van der Waals surface area contributed by atoms with Crippen LogP contribution in [0.3, 0.4) is 0 Å². The molecule has 2 rings (SSSR count). The third-order valence-electron chi connectivity index (χ3n) is 4.21. The molecule has 0 spiro atoms. The smallest absolute Gasteiger partial charge is 0.410 e. The van der Waals surface area contributed by atoms with Crippen LogP contribution in [0.4, 0.5) is 15.3 Å². The van der Waals surface area contributed by atoms with Crippen LogP contribution in [-0.4, -0.2) is 23.7 Å². The van der Waals surface area contributed by atoms with Crippen molar-refractivity contribution in [3.8, 4) is 5.75 Å². The van der Waals surface area contributed by atoms with E-state index in [1.165, 1.54) is 6.42 Å². The molecule has 1 aliphatic carbocycles. The summed E-state index contributed by atoms with van der Waals surface area (Å²) >= 11 is 0. The molecule has 3 N–H and O–H groups in total. The summed E-state index contributed by atoms with van der Waals surface area (Å²) < 4.78 is 5.26. The van der Waals surface area contributed by atoms with E-state index in [0.29, 0.717) is 17.4 Å². The van der Waals surface area contributed by atoms with Gasteiger partial charge in [0, 0.05) is 23.3 Å². The molecular formula is C19H29N3O3. The van der Waals surface area contributed by atoms with Gasteiger partial charge < -0.3 is 20.7 Å². The van der Waals surface area contributed by atoms with E-state index in [-0.39, 0.29) is 17.6 Å². The Bertz CT molecular complexity index is 610. The van der Waals surface area contributed by atoms with E-state index in [1.807, 2.05) is 20.8 Å². The summed E-state index contributed by atoms with van der Waals surface area (Å²) in [6, 6.07) is 6.79. The first-order valence-electron chi connectivity index (χ1n) is 8.90. The summed E-state index contributed by atoms with van der Waals surface area (Å²) in [4.78, 5) is 24.0. The number of urea groups is 1. The van der Waals surface area contributed by atoms with Crippen molar-refractivity contribution in [2.24, 2.45) is 5.92 Å². The molecule has 0 radical (unpaired) electrons. The van der Waals surface area contributed by atoms with Gasteiger partial charge in [0.05, 0.1) is 0 Å². The lowest BCUT2D eigenvalue weighted by Crippen LogP contribution is -2.43. The fraction of sp³-hybridized carbons (Fsp3) is 0.579. The number of ether oxygens (including phenoxy) is 1. The number of rotatable bonds is 3. The number of hydrogen-bond acceptors (Lipinski definition) is 3. The lowest BCUT2D eigenvalue weighted by molar-refractivity contribution is 0.190. The molecule has 25 heavy (non-hydrogen) atoms. The number of amides is 3. The van der Waals surface area contributed by atoms with Crippen LogP contribution in [0.1, 0.15) is 53.4 Å². The first-order valence-corrected chi connectivity index (χ1v) is 8.90. The number of benzene rings is 1. The van der Waals surface area contributed by atoms with Gasteiger partial charge in [-0.1, -0.05) is 25.8 Å². The maximum absolute atomic E-state index is 12.2. The zero-order valence-electron chi connectivity index (χ0n) is 15.5. The van der Waals surface area contributed by atoms with E-state index in [4.69, 9.17) is 4.74 Å². The fourth-order valence-corrected chi connectivity index (χ4v) is 2.94. The van der Waals surface area contributed by atoms with Gasteiger partial charge in [-0.25, -0.2) is 9.59 Å². The Kier molecular flexibility index (Phi) is 6.28. The SMILES string of the molecule is CC1CCCCC1NC(=O)Nc1cccc(OC(=O)NC(C)(C)C)c1. The molecule has 6 nitrogen and oxygen atoms in total. The summed E-state index contributed by atoms with van der Waals surface area (Å²) in [5, 5.41) is 8.57. The summed E-state index contributed by atoms with van der Waals surface area (Å²) in [5.41, 5.74) is 0.214. The van der Waals surface area contributed by atoms with Crippen LogP contribution in [0.2, 0.25) is 0 Å². The zero-order valence-corrected chi connectivity index (χ0v) is 15.5. The lowest BCUT2D eigenvalue weighted by atomic mass is 9.86. The van der Waals surface area contributed by atoms with Gasteiger partial charge in [-0.3, -0.25) is 0 Å². The molecule has 2 atom stereocenters. The molecule has 1 fully saturated rings. The van der Waals surface area contributed by atoms with Crippen molar-refractivity contribution >= 4 is 17.8 Å². The van der Waals surface area contributed by atoms with Gasteiger partial charge in [0.2, 0.25) is 0 Å². The highest BCUT2D eigenvalue weighted by Crippen LogP contribution is 2.24. The fourth-order valence-electron chi connectivity index (χ4n) is 2.94. The van der Waals surface area contributed by atoms with Gasteiger partial charge in [0.25, 0.3) is 0 Å². The van der Waals surface area contributed by atoms with Gasteiger partial charge in [-0.2, -0.15) is 0 Å². The number of hydrogen-bond donors (Lipinski definition) is 3. The summed E-state index contributed by atoms with van der Waals surface area (Å²) in [6.45, 7) is 7.81. The maximum atomic E-state index is 12.2. The molecule has 138 valence electrons. The van der Waals surface area contributed by atoms with E-state index in [1.54, 1.807) is 24.3 Å². The molecule has 1 aromatic rings. The van der Waals surface area contributed by atoms with Crippen molar-refractivity contribution < 1.29 is 14.3 Å². The summed E-state index contributed by atoms with van der Waals surface area (Å²) in [7, 11) is 0. The van der Waals surface area contributed by atoms with E-state index in [0.717, 1.165) is 19.3 Å². The number of carbonyl (C=O) groups is 2. The Morgan fingerprint density at radius 2 is 1.88 bits per heavy atom. The van der Waals surface area contributed by atoms with Gasteiger partial charge in [-0.15, -0.1) is 0 Å². The van der Waals surface area contributed by atoms with Crippen molar-refractivity contribution in [3.63, 3.8) is 0 Å². The van der Waals surface area contributed by atoms with E-state index < -0.39 is 6.09 Å². The van der Waals surface area contributed by atoms with Gasteiger partial charge in [-0.05, 0) is 51.7 Å². The second-order valence-electron chi connectivity index (χ2n) is 7.76. The molecule has 6 heteroatoms. The molecule has 0 saturated heterocycles.